The maximum Gasteiger partial charge on any atom is 0.227 e. The number of halogens is 1. The molecular weight excluding hydrogens is 533 g/mol. The minimum absolute atomic E-state index is 0.0287. The van der Waals surface area contributed by atoms with Gasteiger partial charge in [0, 0.05) is 48.6 Å². The Morgan fingerprint density at radius 3 is 2.62 bits per heavy atom. The third-order valence-electron chi connectivity index (χ3n) is 8.23. The standard InChI is InChI=1S/C28H38FN7O3S/c1-17(2)26-20-12-25(33-24-6-9-30-27(34-24)35-10-8-28(4,37)23(29)16-35)31-13-21(20)22(14-32-26)36-15-19(18(36)3)7-11-40(5,38)39/h6,9,12-14,17-19,23,37H,7-8,10-11,15-16H2,1-5H3,(H,30,31,33,34)/t18-,19+,23+,28-/m1/s1. The Hall–Kier alpha value is -3.12. The summed E-state index contributed by atoms with van der Waals surface area (Å²) in [5.74, 6) is 2.24. The van der Waals surface area contributed by atoms with Gasteiger partial charge < -0.3 is 20.2 Å². The third kappa shape index (κ3) is 5.83. The largest absolute Gasteiger partial charge is 0.387 e. The van der Waals surface area contributed by atoms with E-state index in [2.05, 4.69) is 45.9 Å². The molecule has 0 aromatic carbocycles. The van der Waals surface area contributed by atoms with Crippen LogP contribution in [-0.2, 0) is 9.84 Å². The van der Waals surface area contributed by atoms with Crippen LogP contribution in [0.1, 0.15) is 52.1 Å². The molecule has 2 aliphatic rings. The van der Waals surface area contributed by atoms with Crippen LogP contribution >= 0.6 is 0 Å². The molecule has 2 saturated heterocycles. The predicted octanol–water partition coefficient (Wildman–Crippen LogP) is 3.85. The van der Waals surface area contributed by atoms with E-state index in [1.165, 1.54) is 13.2 Å². The summed E-state index contributed by atoms with van der Waals surface area (Å²) in [6.45, 7) is 9.13. The van der Waals surface area contributed by atoms with Crippen molar-refractivity contribution >= 4 is 43.9 Å². The molecule has 2 aliphatic heterocycles. The van der Waals surface area contributed by atoms with Gasteiger partial charge in [0.05, 0.1) is 35.5 Å². The molecule has 12 heteroatoms. The summed E-state index contributed by atoms with van der Waals surface area (Å²) in [6, 6.07) is 3.92. The fourth-order valence-electron chi connectivity index (χ4n) is 5.48. The molecule has 4 atom stereocenters. The van der Waals surface area contributed by atoms with Crippen molar-refractivity contribution in [3.63, 3.8) is 0 Å². The van der Waals surface area contributed by atoms with Crippen LogP contribution in [-0.4, -0.2) is 82.9 Å². The topological polar surface area (TPSA) is 124 Å². The van der Waals surface area contributed by atoms with Crippen LogP contribution in [0.4, 0.5) is 27.7 Å². The van der Waals surface area contributed by atoms with Gasteiger partial charge in [-0.05, 0) is 50.7 Å². The first-order chi connectivity index (χ1) is 18.8. The lowest BCUT2D eigenvalue weighted by Crippen LogP contribution is -2.55. The van der Waals surface area contributed by atoms with Gasteiger partial charge in [0.25, 0.3) is 0 Å². The van der Waals surface area contributed by atoms with Crippen LogP contribution in [0.3, 0.4) is 0 Å². The number of hydrogen-bond acceptors (Lipinski definition) is 10. The summed E-state index contributed by atoms with van der Waals surface area (Å²) < 4.78 is 37.7. The first-order valence-electron chi connectivity index (χ1n) is 13.8. The quantitative estimate of drug-likeness (QED) is 0.412. The van der Waals surface area contributed by atoms with Crippen molar-refractivity contribution < 1.29 is 17.9 Å². The third-order valence-corrected chi connectivity index (χ3v) is 9.21. The van der Waals surface area contributed by atoms with Gasteiger partial charge in [-0.15, -0.1) is 0 Å². The number of fused-ring (bicyclic) bond motifs is 1. The predicted molar refractivity (Wildman–Crippen MR) is 156 cm³/mol. The lowest BCUT2D eigenvalue weighted by Gasteiger charge is -2.48. The van der Waals surface area contributed by atoms with Crippen molar-refractivity contribution in [1.29, 1.82) is 0 Å². The van der Waals surface area contributed by atoms with Crippen molar-refractivity contribution in [2.45, 2.75) is 64.3 Å². The zero-order valence-corrected chi connectivity index (χ0v) is 24.5. The van der Waals surface area contributed by atoms with Crippen molar-refractivity contribution in [3.8, 4) is 0 Å². The van der Waals surface area contributed by atoms with Gasteiger partial charge in [-0.2, -0.15) is 4.98 Å². The monoisotopic (exact) mass is 571 g/mol. The average Bonchev–Trinajstić information content (AvgIpc) is 2.88. The van der Waals surface area contributed by atoms with E-state index >= 15 is 0 Å². The number of nitrogens with one attached hydrogen (secondary N) is 1. The highest BCUT2D eigenvalue weighted by molar-refractivity contribution is 7.90. The van der Waals surface area contributed by atoms with Crippen LogP contribution in [0.5, 0.6) is 0 Å². The Morgan fingerprint density at radius 1 is 1.18 bits per heavy atom. The van der Waals surface area contributed by atoms with Crippen molar-refractivity contribution in [2.75, 3.05) is 46.8 Å². The summed E-state index contributed by atoms with van der Waals surface area (Å²) >= 11 is 0. The number of nitrogens with zero attached hydrogens (tertiary/aromatic N) is 6. The Kier molecular flexibility index (Phi) is 7.60. The zero-order chi connectivity index (χ0) is 28.8. The first kappa shape index (κ1) is 28.4. The number of alkyl halides is 1. The van der Waals surface area contributed by atoms with Gasteiger partial charge in [0.15, 0.2) is 0 Å². The molecule has 2 N–H and O–H groups in total. The van der Waals surface area contributed by atoms with Gasteiger partial charge in [-0.3, -0.25) is 4.98 Å². The molecule has 3 aromatic heterocycles. The molecule has 0 unspecified atom stereocenters. The number of aromatic nitrogens is 4. The molecule has 2 fully saturated rings. The first-order valence-corrected chi connectivity index (χ1v) is 15.8. The van der Waals surface area contributed by atoms with E-state index in [-0.39, 0.29) is 24.3 Å². The second-order valence-electron chi connectivity index (χ2n) is 11.8. The van der Waals surface area contributed by atoms with Crippen LogP contribution in [0.25, 0.3) is 10.8 Å². The molecule has 0 saturated carbocycles. The molecule has 5 heterocycles. The summed E-state index contributed by atoms with van der Waals surface area (Å²) in [5, 5.41) is 15.4. The van der Waals surface area contributed by atoms with Crippen molar-refractivity contribution in [3.05, 3.63) is 36.4 Å². The summed E-state index contributed by atoms with van der Waals surface area (Å²) in [4.78, 5) is 22.4. The van der Waals surface area contributed by atoms with E-state index in [0.29, 0.717) is 42.9 Å². The van der Waals surface area contributed by atoms with Crippen LogP contribution in [0, 0.1) is 5.92 Å². The molecule has 40 heavy (non-hydrogen) atoms. The number of pyridine rings is 2. The molecule has 216 valence electrons. The van der Waals surface area contributed by atoms with E-state index in [4.69, 9.17) is 4.98 Å². The normalized spacial score (nSPS) is 25.4. The summed E-state index contributed by atoms with van der Waals surface area (Å²) in [7, 11) is -2.98. The maximum atomic E-state index is 14.4. The van der Waals surface area contributed by atoms with Crippen molar-refractivity contribution in [2.24, 2.45) is 5.92 Å². The highest BCUT2D eigenvalue weighted by atomic mass is 32.2. The number of sulfone groups is 1. The number of hydrogen-bond donors (Lipinski definition) is 2. The lowest BCUT2D eigenvalue weighted by molar-refractivity contribution is -0.0332. The Bertz CT molecular complexity index is 1500. The molecule has 0 bridgehead atoms. The number of aliphatic hydroxyl groups is 1. The molecule has 0 amide bonds. The number of rotatable bonds is 8. The maximum absolute atomic E-state index is 14.4. The summed E-state index contributed by atoms with van der Waals surface area (Å²) in [5.41, 5.74) is 0.615. The van der Waals surface area contributed by atoms with E-state index in [1.807, 2.05) is 18.5 Å². The van der Waals surface area contributed by atoms with E-state index in [1.54, 1.807) is 17.2 Å². The SMILES string of the molecule is CC(C)c1ncc(N2C[C@H](CCS(C)(=O)=O)[C@H]2C)c2cnc(Nc3ccnc(N4CC[C@@](C)(O)[C@@H](F)C4)n3)cc12. The fraction of sp³-hybridized carbons (Fsp3) is 0.571. The van der Waals surface area contributed by atoms with Crippen LogP contribution in [0.15, 0.2) is 30.7 Å². The molecule has 0 aliphatic carbocycles. The van der Waals surface area contributed by atoms with Gasteiger partial charge in [-0.1, -0.05) is 13.8 Å². The second kappa shape index (κ2) is 10.7. The molecule has 0 spiro atoms. The summed E-state index contributed by atoms with van der Waals surface area (Å²) in [6.07, 6.45) is 6.22. The van der Waals surface area contributed by atoms with E-state index in [0.717, 1.165) is 28.7 Å². The molecule has 5 rings (SSSR count). The van der Waals surface area contributed by atoms with Crippen molar-refractivity contribution in [1.82, 2.24) is 19.9 Å². The molecule has 3 aromatic rings. The van der Waals surface area contributed by atoms with E-state index in [9.17, 15) is 17.9 Å². The molecular formula is C28H38FN7O3S. The Labute approximate surface area is 235 Å². The highest BCUT2D eigenvalue weighted by Gasteiger charge is 2.39. The van der Waals surface area contributed by atoms with Crippen LogP contribution < -0.4 is 15.1 Å². The average molecular weight is 572 g/mol. The zero-order valence-electron chi connectivity index (χ0n) is 23.7. The highest BCUT2D eigenvalue weighted by Crippen LogP contribution is 2.39. The van der Waals surface area contributed by atoms with Gasteiger partial charge in [0.1, 0.15) is 27.6 Å². The van der Waals surface area contributed by atoms with E-state index < -0.39 is 21.6 Å². The lowest BCUT2D eigenvalue weighted by atomic mass is 9.86. The fourth-order valence-corrected chi connectivity index (χ4v) is 6.22. The van der Waals surface area contributed by atoms with Gasteiger partial charge in [0.2, 0.25) is 5.95 Å². The number of piperidine rings is 1. The second-order valence-corrected chi connectivity index (χ2v) is 14.0. The Balaban J connectivity index is 1.38. The minimum atomic E-state index is -2.98. The van der Waals surface area contributed by atoms with Gasteiger partial charge >= 0.3 is 0 Å². The van der Waals surface area contributed by atoms with Crippen LogP contribution in [0.2, 0.25) is 0 Å². The molecule has 0 radical (unpaired) electrons. The molecule has 10 nitrogen and oxygen atoms in total. The van der Waals surface area contributed by atoms with Gasteiger partial charge in [-0.25, -0.2) is 22.8 Å². The minimum Gasteiger partial charge on any atom is -0.387 e. The number of anilines is 4. The smallest absolute Gasteiger partial charge is 0.227 e. The Morgan fingerprint density at radius 2 is 1.95 bits per heavy atom.